The summed E-state index contributed by atoms with van der Waals surface area (Å²) in [5, 5.41) is 2.01. The van der Waals surface area contributed by atoms with Crippen LogP contribution in [0.5, 0.6) is 0 Å². The fourth-order valence-electron chi connectivity index (χ4n) is 3.35. The number of hydrogen-bond acceptors (Lipinski definition) is 3. The molecule has 3 nitrogen and oxygen atoms in total. The third-order valence-corrected chi connectivity index (χ3v) is 6.43. The van der Waals surface area contributed by atoms with Gasteiger partial charge in [-0.05, 0) is 24.3 Å². The lowest BCUT2D eigenvalue weighted by molar-refractivity contribution is -0.0937. The van der Waals surface area contributed by atoms with E-state index in [1.54, 1.807) is 7.11 Å². The van der Waals surface area contributed by atoms with E-state index < -0.39 is 14.4 Å². The van der Waals surface area contributed by atoms with Crippen molar-refractivity contribution in [2.45, 2.75) is 25.9 Å². The third kappa shape index (κ3) is 3.47. The highest BCUT2D eigenvalue weighted by Gasteiger charge is 2.35. The second-order valence-corrected chi connectivity index (χ2v) is 12.8. The number of rotatable bonds is 2. The summed E-state index contributed by atoms with van der Waals surface area (Å²) < 4.78 is 12.0. The van der Waals surface area contributed by atoms with E-state index in [-0.39, 0.29) is 0 Å². The number of fused-ring (bicyclic) bond motifs is 2. The van der Waals surface area contributed by atoms with Crippen molar-refractivity contribution in [3.05, 3.63) is 82.9 Å². The number of methoxy groups -OCH3 is 1. The summed E-state index contributed by atoms with van der Waals surface area (Å²) in [6.45, 7) is 6.77. The van der Waals surface area contributed by atoms with Gasteiger partial charge in [-0.1, -0.05) is 67.9 Å². The number of benzene rings is 2. The van der Waals surface area contributed by atoms with E-state index in [9.17, 15) is 0 Å². The Morgan fingerprint density at radius 1 is 0.964 bits per heavy atom. The molecule has 3 aromatic rings. The van der Waals surface area contributed by atoms with Gasteiger partial charge in [0.05, 0.1) is 22.2 Å². The Hall–Kier alpha value is -2.87. The Labute approximate surface area is 167 Å². The number of hydrogen-bond donors (Lipinski definition) is 0. The Morgan fingerprint density at radius 3 is 2.39 bits per heavy atom. The molecule has 28 heavy (non-hydrogen) atoms. The average molecular weight is 386 g/mol. The zero-order chi connectivity index (χ0) is 19.7. The van der Waals surface area contributed by atoms with Crippen LogP contribution in [0, 0.1) is 11.8 Å². The summed E-state index contributed by atoms with van der Waals surface area (Å²) in [5.74, 6) is 6.67. The SMILES string of the molecule is COC1OC([Si](C)(C)C)=C(C#Cc2ccccc2)c2nc3ccccc3cc21. The minimum Gasteiger partial charge on any atom is -0.469 e. The standard InChI is InChI=1S/C24H23NO2Si/c1-26-23-20-16-18-12-8-9-13-21(18)25-22(20)19(24(27-23)28(2,3)4)15-14-17-10-6-5-7-11-17/h5-13,16,23H,1-4H3. The molecular formula is C24H23NO2Si. The molecule has 0 bridgehead atoms. The van der Waals surface area contributed by atoms with Crippen molar-refractivity contribution >= 4 is 24.5 Å². The number of nitrogens with zero attached hydrogens (tertiary/aromatic N) is 1. The van der Waals surface area contributed by atoms with Crippen molar-refractivity contribution in [3.63, 3.8) is 0 Å². The predicted octanol–water partition coefficient (Wildman–Crippen LogP) is 5.55. The van der Waals surface area contributed by atoms with Crippen LogP contribution in [0.4, 0.5) is 0 Å². The van der Waals surface area contributed by atoms with Crippen LogP contribution in [0.2, 0.25) is 19.6 Å². The van der Waals surface area contributed by atoms with E-state index in [1.165, 1.54) is 0 Å². The second kappa shape index (κ2) is 7.27. The molecule has 0 spiro atoms. The molecule has 1 aliphatic rings. The van der Waals surface area contributed by atoms with Crippen molar-refractivity contribution in [1.29, 1.82) is 0 Å². The van der Waals surface area contributed by atoms with Crippen LogP contribution in [0.1, 0.15) is 23.1 Å². The van der Waals surface area contributed by atoms with Crippen LogP contribution in [0.15, 0.2) is 66.0 Å². The van der Waals surface area contributed by atoms with Crippen LogP contribution in [0.3, 0.4) is 0 Å². The maximum atomic E-state index is 6.35. The zero-order valence-corrected chi connectivity index (χ0v) is 17.6. The molecule has 0 N–H and O–H groups in total. The molecule has 0 saturated carbocycles. The molecular weight excluding hydrogens is 362 g/mol. The topological polar surface area (TPSA) is 31.4 Å². The largest absolute Gasteiger partial charge is 0.469 e. The van der Waals surface area contributed by atoms with Crippen LogP contribution < -0.4 is 0 Å². The Morgan fingerprint density at radius 2 is 1.68 bits per heavy atom. The van der Waals surface area contributed by atoms with Gasteiger partial charge in [0.25, 0.3) is 0 Å². The van der Waals surface area contributed by atoms with Gasteiger partial charge in [-0.2, -0.15) is 0 Å². The smallest absolute Gasteiger partial charge is 0.227 e. The summed E-state index contributed by atoms with van der Waals surface area (Å²) in [4.78, 5) is 4.97. The van der Waals surface area contributed by atoms with Crippen LogP contribution in [0.25, 0.3) is 16.5 Å². The van der Waals surface area contributed by atoms with Crippen LogP contribution in [-0.2, 0) is 9.47 Å². The van der Waals surface area contributed by atoms with Gasteiger partial charge in [0.2, 0.25) is 6.29 Å². The summed E-state index contributed by atoms with van der Waals surface area (Å²) in [7, 11) is -0.144. The summed E-state index contributed by atoms with van der Waals surface area (Å²) in [5.41, 5.74) is 4.61. The van der Waals surface area contributed by atoms with Crippen molar-refractivity contribution < 1.29 is 9.47 Å². The number of para-hydroxylation sites is 1. The fourth-order valence-corrected chi connectivity index (χ4v) is 4.74. The molecule has 0 radical (unpaired) electrons. The monoisotopic (exact) mass is 385 g/mol. The first-order chi connectivity index (χ1) is 13.5. The molecule has 0 fully saturated rings. The van der Waals surface area contributed by atoms with Crippen molar-refractivity contribution in [3.8, 4) is 11.8 Å². The molecule has 1 aliphatic heterocycles. The lowest BCUT2D eigenvalue weighted by Crippen LogP contribution is -2.31. The van der Waals surface area contributed by atoms with E-state index >= 15 is 0 Å². The first-order valence-corrected chi connectivity index (χ1v) is 12.9. The van der Waals surface area contributed by atoms with Crippen molar-refractivity contribution in [1.82, 2.24) is 4.98 Å². The Kier molecular flexibility index (Phi) is 4.80. The van der Waals surface area contributed by atoms with Crippen molar-refractivity contribution in [2.24, 2.45) is 0 Å². The first-order valence-electron chi connectivity index (χ1n) is 9.39. The van der Waals surface area contributed by atoms with E-state index in [1.807, 2.05) is 48.5 Å². The average Bonchev–Trinajstić information content (AvgIpc) is 2.70. The summed E-state index contributed by atoms with van der Waals surface area (Å²) in [6.07, 6.45) is -0.462. The predicted molar refractivity (Wildman–Crippen MR) is 116 cm³/mol. The first kappa shape index (κ1) is 18.5. The lowest BCUT2D eigenvalue weighted by Gasteiger charge is -2.33. The molecule has 2 aromatic carbocycles. The number of ether oxygens (including phenoxy) is 2. The van der Waals surface area contributed by atoms with Gasteiger partial charge < -0.3 is 9.47 Å². The molecule has 1 aromatic heterocycles. The second-order valence-electron chi connectivity index (χ2n) is 7.87. The highest BCUT2D eigenvalue weighted by atomic mass is 28.3. The molecule has 4 heteroatoms. The minimum atomic E-state index is -1.82. The molecule has 2 heterocycles. The lowest BCUT2D eigenvalue weighted by atomic mass is 10.0. The number of aromatic nitrogens is 1. The normalized spacial score (nSPS) is 16.2. The van der Waals surface area contributed by atoms with E-state index in [0.29, 0.717) is 0 Å². The van der Waals surface area contributed by atoms with E-state index in [0.717, 1.165) is 38.7 Å². The molecule has 140 valence electrons. The van der Waals surface area contributed by atoms with Gasteiger partial charge in [-0.3, -0.25) is 0 Å². The maximum absolute atomic E-state index is 6.35. The molecule has 1 unspecified atom stereocenters. The summed E-state index contributed by atoms with van der Waals surface area (Å²) >= 11 is 0. The highest BCUT2D eigenvalue weighted by molar-refractivity contribution is 6.83. The number of pyridine rings is 1. The fraction of sp³-hybridized carbons (Fsp3) is 0.208. The highest BCUT2D eigenvalue weighted by Crippen LogP contribution is 2.40. The van der Waals surface area contributed by atoms with E-state index in [4.69, 9.17) is 14.5 Å². The van der Waals surface area contributed by atoms with Crippen molar-refractivity contribution in [2.75, 3.05) is 7.11 Å². The van der Waals surface area contributed by atoms with Gasteiger partial charge in [0.15, 0.2) is 0 Å². The van der Waals surface area contributed by atoms with Gasteiger partial charge in [0.1, 0.15) is 8.07 Å². The van der Waals surface area contributed by atoms with Gasteiger partial charge >= 0.3 is 0 Å². The molecule has 1 atom stereocenters. The zero-order valence-electron chi connectivity index (χ0n) is 16.6. The van der Waals surface area contributed by atoms with Gasteiger partial charge in [-0.15, -0.1) is 0 Å². The third-order valence-electron chi connectivity index (χ3n) is 4.70. The maximum Gasteiger partial charge on any atom is 0.227 e. The molecule has 0 aliphatic carbocycles. The Bertz CT molecular complexity index is 1120. The van der Waals surface area contributed by atoms with Crippen LogP contribution >= 0.6 is 0 Å². The van der Waals surface area contributed by atoms with Gasteiger partial charge in [0, 0.05) is 23.6 Å². The quantitative estimate of drug-likeness (QED) is 0.428. The van der Waals surface area contributed by atoms with E-state index in [2.05, 4.69) is 43.6 Å². The Balaban J connectivity index is 1.98. The minimum absolute atomic E-state index is 0.462. The van der Waals surface area contributed by atoms with Gasteiger partial charge in [-0.25, -0.2) is 4.98 Å². The number of allylic oxidation sites excluding steroid dienone is 1. The molecule has 4 rings (SSSR count). The van der Waals surface area contributed by atoms with Crippen LogP contribution in [-0.4, -0.2) is 20.2 Å². The molecule has 0 amide bonds. The molecule has 0 saturated heterocycles. The summed E-state index contributed by atoms with van der Waals surface area (Å²) in [6, 6.07) is 20.2.